The molecule has 0 saturated carbocycles. The van der Waals surface area contributed by atoms with Crippen LogP contribution in [-0.4, -0.2) is 49.9 Å². The molecule has 1 fully saturated rings. The van der Waals surface area contributed by atoms with Crippen LogP contribution in [0.4, 0.5) is 5.69 Å². The Morgan fingerprint density at radius 2 is 1.67 bits per heavy atom. The second kappa shape index (κ2) is 10.6. The van der Waals surface area contributed by atoms with E-state index in [0.717, 1.165) is 16.1 Å². The van der Waals surface area contributed by atoms with E-state index in [9.17, 15) is 8.42 Å². The molecular formula is C26H26N4O3S3. The first-order valence-corrected chi connectivity index (χ1v) is 14.7. The van der Waals surface area contributed by atoms with Crippen LogP contribution < -0.4 is 4.80 Å². The standard InChI is InChI=1S/C26H26N4O3S3/c1-19-3-5-21(6-4-19)24-18-35-26(30(24)27-17-25-20(2)11-16-34-25)28-22-7-9-23(10-8-22)36(31,32)29-12-14-33-15-13-29/h3-11,16-18H,12-15H2,1-2H3/b27-17-,28-26?. The number of ether oxygens (including phenoxy) is 1. The van der Waals surface area contributed by atoms with Gasteiger partial charge >= 0.3 is 0 Å². The summed E-state index contributed by atoms with van der Waals surface area (Å²) in [5.41, 5.74) is 5.01. The molecule has 0 radical (unpaired) electrons. The van der Waals surface area contributed by atoms with Gasteiger partial charge < -0.3 is 4.74 Å². The maximum atomic E-state index is 12.9. The molecule has 186 valence electrons. The first-order chi connectivity index (χ1) is 17.4. The maximum absolute atomic E-state index is 12.9. The van der Waals surface area contributed by atoms with Gasteiger partial charge in [-0.05, 0) is 55.1 Å². The van der Waals surface area contributed by atoms with E-state index in [1.165, 1.54) is 26.8 Å². The SMILES string of the molecule is Cc1ccc(-c2csc(=Nc3ccc(S(=O)(=O)N4CCOCC4)cc3)n2/N=C\c2sccc2C)cc1. The Morgan fingerprint density at radius 3 is 2.33 bits per heavy atom. The lowest BCUT2D eigenvalue weighted by molar-refractivity contribution is 0.0730. The van der Waals surface area contributed by atoms with Gasteiger partial charge in [0, 0.05) is 24.0 Å². The molecule has 10 heteroatoms. The van der Waals surface area contributed by atoms with Gasteiger partial charge in [-0.15, -0.1) is 22.7 Å². The normalized spacial score (nSPS) is 15.7. The third kappa shape index (κ3) is 5.28. The third-order valence-electron chi connectivity index (χ3n) is 5.89. The molecule has 2 aromatic heterocycles. The summed E-state index contributed by atoms with van der Waals surface area (Å²) in [7, 11) is -3.55. The van der Waals surface area contributed by atoms with Crippen molar-refractivity contribution in [1.29, 1.82) is 0 Å². The van der Waals surface area contributed by atoms with E-state index >= 15 is 0 Å². The molecule has 36 heavy (non-hydrogen) atoms. The summed E-state index contributed by atoms with van der Waals surface area (Å²) in [6.45, 7) is 5.70. The predicted octanol–water partition coefficient (Wildman–Crippen LogP) is 5.03. The van der Waals surface area contributed by atoms with E-state index in [1.807, 2.05) is 21.7 Å². The fourth-order valence-corrected chi connectivity index (χ4v) is 6.82. The van der Waals surface area contributed by atoms with Crippen molar-refractivity contribution in [3.05, 3.63) is 86.2 Å². The van der Waals surface area contributed by atoms with E-state index in [0.29, 0.717) is 36.8 Å². The highest BCUT2D eigenvalue weighted by Crippen LogP contribution is 2.23. The van der Waals surface area contributed by atoms with Crippen molar-refractivity contribution >= 4 is 44.6 Å². The Morgan fingerprint density at radius 1 is 0.944 bits per heavy atom. The molecule has 1 aliphatic heterocycles. The van der Waals surface area contributed by atoms with Gasteiger partial charge in [-0.3, -0.25) is 0 Å². The molecule has 0 amide bonds. The van der Waals surface area contributed by atoms with Crippen LogP contribution in [0.2, 0.25) is 0 Å². The molecule has 5 rings (SSSR count). The highest BCUT2D eigenvalue weighted by molar-refractivity contribution is 7.89. The van der Waals surface area contributed by atoms with Crippen LogP contribution in [0.1, 0.15) is 16.0 Å². The van der Waals surface area contributed by atoms with Crippen LogP contribution in [0.5, 0.6) is 0 Å². The van der Waals surface area contributed by atoms with Crippen molar-refractivity contribution in [3.8, 4) is 11.3 Å². The molecule has 0 N–H and O–H groups in total. The average Bonchev–Trinajstić information content (AvgIpc) is 3.49. The zero-order chi connectivity index (χ0) is 25.1. The number of aryl methyl sites for hydroxylation is 2. The van der Waals surface area contributed by atoms with Gasteiger partial charge in [-0.2, -0.15) is 9.41 Å². The van der Waals surface area contributed by atoms with E-state index < -0.39 is 10.0 Å². The second-order valence-corrected chi connectivity index (χ2v) is 12.1. The van der Waals surface area contributed by atoms with Crippen molar-refractivity contribution in [2.75, 3.05) is 26.3 Å². The monoisotopic (exact) mass is 538 g/mol. The molecule has 0 spiro atoms. The van der Waals surface area contributed by atoms with Crippen LogP contribution >= 0.6 is 22.7 Å². The summed E-state index contributed by atoms with van der Waals surface area (Å²) < 4.78 is 34.5. The van der Waals surface area contributed by atoms with Crippen molar-refractivity contribution in [3.63, 3.8) is 0 Å². The molecule has 3 heterocycles. The molecule has 2 aromatic carbocycles. The van der Waals surface area contributed by atoms with Gasteiger partial charge in [0.1, 0.15) is 0 Å². The molecule has 4 aromatic rings. The van der Waals surface area contributed by atoms with Gasteiger partial charge in [-0.1, -0.05) is 29.8 Å². The summed E-state index contributed by atoms with van der Waals surface area (Å²) in [5, 5.41) is 8.88. The highest BCUT2D eigenvalue weighted by Gasteiger charge is 2.26. The Balaban J connectivity index is 1.52. The minimum absolute atomic E-state index is 0.258. The van der Waals surface area contributed by atoms with Crippen LogP contribution in [0, 0.1) is 13.8 Å². The summed E-state index contributed by atoms with van der Waals surface area (Å²) in [4.78, 5) is 6.85. The summed E-state index contributed by atoms with van der Waals surface area (Å²) in [6, 6.07) is 17.1. The molecule has 1 saturated heterocycles. The van der Waals surface area contributed by atoms with E-state index in [-0.39, 0.29) is 4.90 Å². The van der Waals surface area contributed by atoms with Gasteiger partial charge in [0.25, 0.3) is 0 Å². The second-order valence-electron chi connectivity index (χ2n) is 8.42. The van der Waals surface area contributed by atoms with Crippen molar-refractivity contribution in [1.82, 2.24) is 8.98 Å². The number of rotatable bonds is 6. The summed E-state index contributed by atoms with van der Waals surface area (Å²) >= 11 is 3.13. The maximum Gasteiger partial charge on any atom is 0.243 e. The topological polar surface area (TPSA) is 76.3 Å². The molecule has 0 aliphatic carbocycles. The van der Waals surface area contributed by atoms with Crippen LogP contribution in [0.25, 0.3) is 11.3 Å². The minimum Gasteiger partial charge on any atom is -0.379 e. The number of aromatic nitrogens is 1. The van der Waals surface area contributed by atoms with Crippen LogP contribution in [0.15, 0.2) is 80.3 Å². The number of nitrogens with zero attached hydrogens (tertiary/aromatic N) is 4. The first-order valence-electron chi connectivity index (χ1n) is 11.5. The lowest BCUT2D eigenvalue weighted by Crippen LogP contribution is -2.40. The largest absolute Gasteiger partial charge is 0.379 e. The molecule has 0 atom stereocenters. The molecular weight excluding hydrogens is 513 g/mol. The van der Waals surface area contributed by atoms with Crippen LogP contribution in [-0.2, 0) is 14.8 Å². The lowest BCUT2D eigenvalue weighted by atomic mass is 10.1. The average molecular weight is 539 g/mol. The Labute approximate surface area is 218 Å². The quantitative estimate of drug-likeness (QED) is 0.323. The molecule has 0 unspecified atom stereocenters. The summed E-state index contributed by atoms with van der Waals surface area (Å²) in [5.74, 6) is 0. The highest BCUT2D eigenvalue weighted by atomic mass is 32.2. The predicted molar refractivity (Wildman–Crippen MR) is 146 cm³/mol. The number of sulfonamides is 1. The number of thiophene rings is 1. The number of benzene rings is 2. The molecule has 0 bridgehead atoms. The fraction of sp³-hybridized carbons (Fsp3) is 0.231. The number of hydrogen-bond acceptors (Lipinski definition) is 7. The number of hydrogen-bond donors (Lipinski definition) is 0. The molecule has 1 aliphatic rings. The zero-order valence-corrected chi connectivity index (χ0v) is 22.4. The Hall–Kier alpha value is -2.89. The summed E-state index contributed by atoms with van der Waals surface area (Å²) in [6.07, 6.45) is 1.86. The van der Waals surface area contributed by atoms with Crippen LogP contribution in [0.3, 0.4) is 0 Å². The Kier molecular flexibility index (Phi) is 7.31. The minimum atomic E-state index is -3.55. The third-order valence-corrected chi connectivity index (χ3v) is 9.58. The van der Waals surface area contributed by atoms with Crippen molar-refractivity contribution < 1.29 is 13.2 Å². The van der Waals surface area contributed by atoms with Gasteiger partial charge in [0.15, 0.2) is 0 Å². The van der Waals surface area contributed by atoms with Gasteiger partial charge in [0.05, 0.1) is 40.6 Å². The lowest BCUT2D eigenvalue weighted by Gasteiger charge is -2.26. The number of morpholine rings is 1. The van der Waals surface area contributed by atoms with E-state index in [1.54, 1.807) is 35.6 Å². The van der Waals surface area contributed by atoms with E-state index in [4.69, 9.17) is 14.8 Å². The van der Waals surface area contributed by atoms with Gasteiger partial charge in [-0.25, -0.2) is 18.1 Å². The molecule has 7 nitrogen and oxygen atoms in total. The van der Waals surface area contributed by atoms with Crippen molar-refractivity contribution in [2.45, 2.75) is 18.7 Å². The van der Waals surface area contributed by atoms with Crippen molar-refractivity contribution in [2.24, 2.45) is 10.1 Å². The zero-order valence-electron chi connectivity index (χ0n) is 20.0. The fourth-order valence-electron chi connectivity index (χ4n) is 3.78. The smallest absolute Gasteiger partial charge is 0.243 e. The number of thiazole rings is 1. The van der Waals surface area contributed by atoms with Gasteiger partial charge in [0.2, 0.25) is 14.8 Å². The van der Waals surface area contributed by atoms with E-state index in [2.05, 4.69) is 44.2 Å². The first kappa shape index (κ1) is 24.8. The Bertz CT molecular complexity index is 1540.